The number of hydrogen-bond acceptors (Lipinski definition) is 4. The molecule has 31 heavy (non-hydrogen) atoms. The Morgan fingerprint density at radius 1 is 1.13 bits per heavy atom. The van der Waals surface area contributed by atoms with Gasteiger partial charge in [-0.05, 0) is 38.7 Å². The van der Waals surface area contributed by atoms with E-state index in [1.165, 1.54) is 4.68 Å². The van der Waals surface area contributed by atoms with Crippen molar-refractivity contribution in [3.63, 3.8) is 0 Å². The number of rotatable bonds is 5. The van der Waals surface area contributed by atoms with Gasteiger partial charge >= 0.3 is 0 Å². The van der Waals surface area contributed by atoms with Gasteiger partial charge in [0.15, 0.2) is 0 Å². The second-order valence-corrected chi connectivity index (χ2v) is 8.26. The molecule has 8 nitrogen and oxygen atoms in total. The van der Waals surface area contributed by atoms with Gasteiger partial charge in [0.2, 0.25) is 11.8 Å². The molecule has 0 radical (unpaired) electrons. The maximum Gasteiger partial charge on any atom is 0.291 e. The molecular formula is C23H29N5O3. The molecule has 4 rings (SSSR count). The SMILES string of the molecule is CCC(C(=O)NC(C)C(=O)N1CCCCC1)n1c2ccccc2c2cnn(C)c(=O)c21. The van der Waals surface area contributed by atoms with Crippen LogP contribution in [0.5, 0.6) is 0 Å². The molecule has 8 heteroatoms. The van der Waals surface area contributed by atoms with Crippen LogP contribution in [0.2, 0.25) is 0 Å². The van der Waals surface area contributed by atoms with Crippen molar-refractivity contribution in [2.45, 2.75) is 51.6 Å². The molecule has 1 aromatic carbocycles. The lowest BCUT2D eigenvalue weighted by Gasteiger charge is -2.30. The Labute approximate surface area is 180 Å². The second kappa shape index (κ2) is 8.53. The number of aromatic nitrogens is 3. The number of benzene rings is 1. The van der Waals surface area contributed by atoms with Crippen LogP contribution in [0.3, 0.4) is 0 Å². The topological polar surface area (TPSA) is 89.2 Å². The van der Waals surface area contributed by atoms with Gasteiger partial charge in [0.1, 0.15) is 17.6 Å². The largest absolute Gasteiger partial charge is 0.343 e. The first-order chi connectivity index (χ1) is 14.9. The molecule has 0 spiro atoms. The summed E-state index contributed by atoms with van der Waals surface area (Å²) in [7, 11) is 1.60. The number of aryl methyl sites for hydroxylation is 1. The van der Waals surface area contributed by atoms with Crippen LogP contribution in [-0.2, 0) is 16.6 Å². The molecule has 2 unspecified atom stereocenters. The predicted molar refractivity (Wildman–Crippen MR) is 120 cm³/mol. The van der Waals surface area contributed by atoms with Crippen LogP contribution in [0.4, 0.5) is 0 Å². The minimum Gasteiger partial charge on any atom is -0.343 e. The lowest BCUT2D eigenvalue weighted by Crippen LogP contribution is -2.50. The number of carbonyl (C=O) groups excluding carboxylic acids is 2. The molecule has 2 amide bonds. The third-order valence-corrected chi connectivity index (χ3v) is 6.20. The van der Waals surface area contributed by atoms with E-state index in [1.54, 1.807) is 20.2 Å². The minimum atomic E-state index is -0.617. The Kier molecular flexibility index (Phi) is 5.80. The third-order valence-electron chi connectivity index (χ3n) is 6.20. The van der Waals surface area contributed by atoms with Gasteiger partial charge in [0.05, 0.1) is 11.7 Å². The van der Waals surface area contributed by atoms with Crippen LogP contribution in [0, 0.1) is 0 Å². The molecule has 0 saturated carbocycles. The molecule has 0 bridgehead atoms. The molecule has 1 saturated heterocycles. The molecule has 164 valence electrons. The van der Waals surface area contributed by atoms with E-state index >= 15 is 0 Å². The Bertz CT molecular complexity index is 1190. The van der Waals surface area contributed by atoms with Gasteiger partial charge in [-0.1, -0.05) is 25.1 Å². The standard InChI is InChI=1S/C23H29N5O3/c1-4-18(21(29)25-15(2)22(30)27-12-8-5-9-13-27)28-19-11-7-6-10-16(19)17-14-24-26(3)23(31)20(17)28/h6-7,10-11,14-15,18H,4-5,8-9,12-13H2,1-3H3,(H,25,29). The average molecular weight is 424 g/mol. The van der Waals surface area contributed by atoms with Gasteiger partial charge < -0.3 is 14.8 Å². The van der Waals surface area contributed by atoms with Gasteiger partial charge in [-0.3, -0.25) is 14.4 Å². The fraction of sp³-hybridized carbons (Fsp3) is 0.478. The van der Waals surface area contributed by atoms with Crippen molar-refractivity contribution in [2.75, 3.05) is 13.1 Å². The smallest absolute Gasteiger partial charge is 0.291 e. The van der Waals surface area contributed by atoms with Crippen LogP contribution in [-0.4, -0.2) is 50.2 Å². The van der Waals surface area contributed by atoms with Gasteiger partial charge in [-0.25, -0.2) is 4.68 Å². The summed E-state index contributed by atoms with van der Waals surface area (Å²) in [6.45, 7) is 5.13. The summed E-state index contributed by atoms with van der Waals surface area (Å²) in [4.78, 5) is 40.9. The molecule has 0 aliphatic carbocycles. The molecule has 3 aromatic rings. The molecule has 1 fully saturated rings. The normalized spacial score (nSPS) is 16.4. The van der Waals surface area contributed by atoms with Crippen LogP contribution < -0.4 is 10.9 Å². The van der Waals surface area contributed by atoms with Gasteiger partial charge in [-0.2, -0.15) is 5.10 Å². The van der Waals surface area contributed by atoms with Crippen molar-refractivity contribution in [1.29, 1.82) is 0 Å². The van der Waals surface area contributed by atoms with Crippen LogP contribution >= 0.6 is 0 Å². The van der Waals surface area contributed by atoms with Crippen molar-refractivity contribution in [2.24, 2.45) is 7.05 Å². The number of nitrogens with zero attached hydrogens (tertiary/aromatic N) is 4. The third kappa shape index (κ3) is 3.71. The van der Waals surface area contributed by atoms with Crippen LogP contribution in [0.15, 0.2) is 35.3 Å². The maximum atomic E-state index is 13.3. The first kappa shape index (κ1) is 21.1. The zero-order chi connectivity index (χ0) is 22.1. The lowest BCUT2D eigenvalue weighted by atomic mass is 10.1. The first-order valence-corrected chi connectivity index (χ1v) is 11.0. The molecule has 3 heterocycles. The van der Waals surface area contributed by atoms with E-state index in [0.717, 1.165) is 48.6 Å². The van der Waals surface area contributed by atoms with E-state index in [4.69, 9.17) is 0 Å². The molecule has 2 atom stereocenters. The van der Waals surface area contributed by atoms with E-state index in [1.807, 2.05) is 40.7 Å². The number of carbonyl (C=O) groups is 2. The van der Waals surface area contributed by atoms with Crippen LogP contribution in [0.1, 0.15) is 45.6 Å². The number of fused-ring (bicyclic) bond motifs is 3. The molecule has 1 N–H and O–H groups in total. The minimum absolute atomic E-state index is 0.0507. The highest BCUT2D eigenvalue weighted by molar-refractivity contribution is 6.08. The highest BCUT2D eigenvalue weighted by Gasteiger charge is 2.29. The second-order valence-electron chi connectivity index (χ2n) is 8.26. The predicted octanol–water partition coefficient (Wildman–Crippen LogP) is 2.36. The number of nitrogens with one attached hydrogen (secondary N) is 1. The van der Waals surface area contributed by atoms with Crippen molar-refractivity contribution >= 4 is 33.6 Å². The highest BCUT2D eigenvalue weighted by Crippen LogP contribution is 2.30. The summed E-state index contributed by atoms with van der Waals surface area (Å²) in [6, 6.07) is 6.41. The van der Waals surface area contributed by atoms with E-state index in [9.17, 15) is 14.4 Å². The van der Waals surface area contributed by atoms with Gasteiger partial charge in [0.25, 0.3) is 5.56 Å². The monoisotopic (exact) mass is 423 g/mol. The lowest BCUT2D eigenvalue weighted by molar-refractivity contribution is -0.137. The summed E-state index contributed by atoms with van der Waals surface area (Å²) in [5.74, 6) is -0.313. The average Bonchev–Trinajstić information content (AvgIpc) is 3.12. The Morgan fingerprint density at radius 3 is 2.55 bits per heavy atom. The Hall–Kier alpha value is -3.16. The summed E-state index contributed by atoms with van der Waals surface area (Å²) in [5, 5.41) is 8.67. The summed E-state index contributed by atoms with van der Waals surface area (Å²) < 4.78 is 3.09. The summed E-state index contributed by atoms with van der Waals surface area (Å²) in [6.07, 6.45) is 5.30. The van der Waals surface area contributed by atoms with Gasteiger partial charge in [0, 0.05) is 30.9 Å². The first-order valence-electron chi connectivity index (χ1n) is 11.0. The van der Waals surface area contributed by atoms with E-state index in [2.05, 4.69) is 10.4 Å². The zero-order valence-electron chi connectivity index (χ0n) is 18.3. The Morgan fingerprint density at radius 2 is 1.84 bits per heavy atom. The van der Waals surface area contributed by atoms with Gasteiger partial charge in [-0.15, -0.1) is 0 Å². The fourth-order valence-corrected chi connectivity index (χ4v) is 4.56. The zero-order valence-corrected chi connectivity index (χ0v) is 18.3. The van der Waals surface area contributed by atoms with E-state index < -0.39 is 12.1 Å². The number of likely N-dealkylation sites (tertiary alicyclic amines) is 1. The summed E-state index contributed by atoms with van der Waals surface area (Å²) in [5.41, 5.74) is 1.01. The van der Waals surface area contributed by atoms with E-state index in [-0.39, 0.29) is 17.4 Å². The quantitative estimate of drug-likeness (QED) is 0.682. The van der Waals surface area contributed by atoms with Crippen molar-refractivity contribution < 1.29 is 9.59 Å². The van der Waals surface area contributed by atoms with Crippen molar-refractivity contribution in [3.05, 3.63) is 40.8 Å². The van der Waals surface area contributed by atoms with Crippen molar-refractivity contribution in [3.8, 4) is 0 Å². The molecule has 2 aromatic heterocycles. The maximum absolute atomic E-state index is 13.3. The number of amides is 2. The molecule has 1 aliphatic rings. The molecule has 1 aliphatic heterocycles. The highest BCUT2D eigenvalue weighted by atomic mass is 16.2. The fourth-order valence-electron chi connectivity index (χ4n) is 4.56. The van der Waals surface area contributed by atoms with E-state index in [0.29, 0.717) is 11.9 Å². The number of para-hydroxylation sites is 1. The number of hydrogen-bond donors (Lipinski definition) is 1. The summed E-state index contributed by atoms with van der Waals surface area (Å²) >= 11 is 0. The van der Waals surface area contributed by atoms with Crippen LogP contribution in [0.25, 0.3) is 21.8 Å². The van der Waals surface area contributed by atoms with Crippen molar-refractivity contribution in [1.82, 2.24) is 24.6 Å². The molecular weight excluding hydrogens is 394 g/mol. The Balaban J connectivity index is 1.71. The number of piperidine rings is 1.